The highest BCUT2D eigenvalue weighted by Gasteiger charge is 2.39. The van der Waals surface area contributed by atoms with Crippen molar-refractivity contribution < 1.29 is 0 Å². The summed E-state index contributed by atoms with van der Waals surface area (Å²) >= 11 is 0. The van der Waals surface area contributed by atoms with Gasteiger partial charge >= 0.3 is 0 Å². The Bertz CT molecular complexity index is 3530. The fourth-order valence-electron chi connectivity index (χ4n) is 10.6. The number of anilines is 6. The summed E-state index contributed by atoms with van der Waals surface area (Å²) in [5.74, 6) is 0. The molecule has 0 N–H and O–H groups in total. The van der Waals surface area contributed by atoms with Gasteiger partial charge < -0.3 is 9.80 Å². The van der Waals surface area contributed by atoms with Crippen molar-refractivity contribution in [2.45, 2.75) is 19.3 Å². The minimum Gasteiger partial charge on any atom is -0.310 e. The van der Waals surface area contributed by atoms with E-state index >= 15 is 0 Å². The van der Waals surface area contributed by atoms with Gasteiger partial charge in [0.25, 0.3) is 0 Å². The van der Waals surface area contributed by atoms with E-state index in [1.165, 1.54) is 72.1 Å². The first-order valence-electron chi connectivity index (χ1n) is 23.9. The number of benzene rings is 11. The zero-order valence-corrected chi connectivity index (χ0v) is 38.8. The van der Waals surface area contributed by atoms with Crippen molar-refractivity contribution in [3.63, 3.8) is 0 Å². The average molecular weight is 883 g/mol. The van der Waals surface area contributed by atoms with E-state index in [-0.39, 0.29) is 5.41 Å². The van der Waals surface area contributed by atoms with Gasteiger partial charge in [-0.3, -0.25) is 0 Å². The van der Waals surface area contributed by atoms with Crippen LogP contribution in [0, 0.1) is 0 Å². The zero-order chi connectivity index (χ0) is 46.3. The van der Waals surface area contributed by atoms with E-state index in [1.807, 2.05) is 0 Å². The largest absolute Gasteiger partial charge is 0.310 e. The Labute approximate surface area is 405 Å². The maximum absolute atomic E-state index is 2.48. The van der Waals surface area contributed by atoms with Crippen LogP contribution in [-0.4, -0.2) is 0 Å². The fourth-order valence-corrected chi connectivity index (χ4v) is 10.6. The molecule has 0 atom stereocenters. The van der Waals surface area contributed by atoms with Crippen LogP contribution < -0.4 is 9.80 Å². The zero-order valence-electron chi connectivity index (χ0n) is 38.8. The van der Waals surface area contributed by atoms with E-state index in [4.69, 9.17) is 0 Å². The molecule has 2 heteroatoms. The molecule has 0 saturated heterocycles. The van der Waals surface area contributed by atoms with Gasteiger partial charge in [0.1, 0.15) is 0 Å². The molecule has 0 saturated carbocycles. The van der Waals surface area contributed by atoms with Crippen molar-refractivity contribution >= 4 is 44.9 Å². The number of hydrogen-bond donors (Lipinski definition) is 0. The third-order valence-electron chi connectivity index (χ3n) is 14.0. The number of fused-ring (bicyclic) bond motifs is 4. The van der Waals surface area contributed by atoms with Crippen LogP contribution in [-0.2, 0) is 5.41 Å². The first-order chi connectivity index (χ1) is 34.0. The molecule has 12 rings (SSSR count). The van der Waals surface area contributed by atoms with Gasteiger partial charge in [-0.2, -0.15) is 0 Å². The van der Waals surface area contributed by atoms with Gasteiger partial charge in [-0.05, 0) is 139 Å². The second-order valence-corrected chi connectivity index (χ2v) is 18.5. The van der Waals surface area contributed by atoms with E-state index in [0.717, 1.165) is 39.6 Å². The first-order valence-corrected chi connectivity index (χ1v) is 23.9. The monoisotopic (exact) mass is 882 g/mol. The molecule has 0 radical (unpaired) electrons. The molecule has 1 aliphatic rings. The normalized spacial score (nSPS) is 12.3. The Morgan fingerprint density at radius 2 is 0.681 bits per heavy atom. The summed E-state index contributed by atoms with van der Waals surface area (Å²) in [7, 11) is 0. The topological polar surface area (TPSA) is 6.48 Å². The molecule has 1 aliphatic carbocycles. The van der Waals surface area contributed by atoms with E-state index in [2.05, 4.69) is 291 Å². The van der Waals surface area contributed by atoms with Gasteiger partial charge in [-0.25, -0.2) is 0 Å². The SMILES string of the molecule is CC1(C)c2ccccc2-c2cccc(N(c3ccc(-c4ccc(N(c5ccc(-c6ccccc6)cc5)c5cc(-c6ccccc6)cc(-c6ccccc6)c5)cc4)cc3)c3cccc4ccccc34)c21. The van der Waals surface area contributed by atoms with Crippen molar-refractivity contribution in [3.8, 4) is 55.6 Å². The van der Waals surface area contributed by atoms with Crippen LogP contribution in [0.1, 0.15) is 25.0 Å². The maximum Gasteiger partial charge on any atom is 0.0540 e. The number of rotatable bonds is 10. The van der Waals surface area contributed by atoms with Crippen LogP contribution in [0.5, 0.6) is 0 Å². The van der Waals surface area contributed by atoms with E-state index in [0.29, 0.717) is 0 Å². The Morgan fingerprint density at radius 1 is 0.275 bits per heavy atom. The lowest BCUT2D eigenvalue weighted by Gasteiger charge is -2.33. The molecule has 11 aromatic rings. The highest BCUT2D eigenvalue weighted by Crippen LogP contribution is 2.55. The summed E-state index contributed by atoms with van der Waals surface area (Å²) < 4.78 is 0. The van der Waals surface area contributed by atoms with Gasteiger partial charge in [-0.1, -0.05) is 214 Å². The van der Waals surface area contributed by atoms with Crippen LogP contribution in [0.2, 0.25) is 0 Å². The third-order valence-corrected chi connectivity index (χ3v) is 14.0. The van der Waals surface area contributed by atoms with Gasteiger partial charge in [0.15, 0.2) is 0 Å². The molecule has 0 aliphatic heterocycles. The maximum atomic E-state index is 2.48. The summed E-state index contributed by atoms with van der Waals surface area (Å²) in [6.45, 7) is 4.75. The summed E-state index contributed by atoms with van der Waals surface area (Å²) in [5, 5.41) is 2.44. The van der Waals surface area contributed by atoms with Gasteiger partial charge in [-0.15, -0.1) is 0 Å². The molecule has 0 amide bonds. The molecule has 0 spiro atoms. The molecule has 0 fully saturated rings. The predicted octanol–water partition coefficient (Wildman–Crippen LogP) is 18.8. The molecular formula is C67H50N2. The molecule has 11 aromatic carbocycles. The molecule has 69 heavy (non-hydrogen) atoms. The van der Waals surface area contributed by atoms with Gasteiger partial charge in [0, 0.05) is 33.6 Å². The summed E-state index contributed by atoms with van der Waals surface area (Å²) in [6.07, 6.45) is 0. The first kappa shape index (κ1) is 41.7. The Kier molecular flexibility index (Phi) is 10.6. The highest BCUT2D eigenvalue weighted by molar-refractivity contribution is 6.01. The predicted molar refractivity (Wildman–Crippen MR) is 293 cm³/mol. The Morgan fingerprint density at radius 3 is 1.25 bits per heavy atom. The van der Waals surface area contributed by atoms with Crippen LogP contribution in [0.25, 0.3) is 66.4 Å². The lowest BCUT2D eigenvalue weighted by atomic mass is 9.81. The van der Waals surface area contributed by atoms with E-state index in [1.54, 1.807) is 0 Å². The van der Waals surface area contributed by atoms with E-state index < -0.39 is 0 Å². The van der Waals surface area contributed by atoms with E-state index in [9.17, 15) is 0 Å². The van der Waals surface area contributed by atoms with Crippen LogP contribution in [0.4, 0.5) is 34.1 Å². The lowest BCUT2D eigenvalue weighted by Crippen LogP contribution is -2.20. The molecule has 0 heterocycles. The van der Waals surface area contributed by atoms with Crippen molar-refractivity contribution in [1.29, 1.82) is 0 Å². The van der Waals surface area contributed by atoms with Crippen molar-refractivity contribution in [3.05, 3.63) is 278 Å². The van der Waals surface area contributed by atoms with Crippen molar-refractivity contribution in [1.82, 2.24) is 0 Å². The minimum atomic E-state index is -0.184. The molecular weight excluding hydrogens is 833 g/mol. The molecule has 0 bridgehead atoms. The van der Waals surface area contributed by atoms with Gasteiger partial charge in [0.2, 0.25) is 0 Å². The fraction of sp³-hybridized carbons (Fsp3) is 0.0448. The lowest BCUT2D eigenvalue weighted by molar-refractivity contribution is 0.661. The standard InChI is InChI=1S/C67H50N2/c1-67(2)63-29-15-14-27-61(63)62-28-17-31-65(66(62)67)69(64-30-16-25-53-24-12-13-26-60(53)64)58-42-36-52(37-43-58)51-34-40-57(41-35-51)68(56-38-32-50(33-39-56)47-18-6-3-7-19-47)59-45-54(48-20-8-4-9-21-48)44-55(46-59)49-22-10-5-11-23-49/h3-46H,1-2H3. The number of hydrogen-bond acceptors (Lipinski definition) is 2. The smallest absolute Gasteiger partial charge is 0.0540 e. The van der Waals surface area contributed by atoms with Crippen molar-refractivity contribution in [2.75, 3.05) is 9.80 Å². The van der Waals surface area contributed by atoms with Crippen molar-refractivity contribution in [2.24, 2.45) is 0 Å². The summed E-state index contributed by atoms with van der Waals surface area (Å²) in [5.41, 5.74) is 21.3. The Hall–Kier alpha value is -8.72. The van der Waals surface area contributed by atoms with Crippen LogP contribution in [0.15, 0.2) is 267 Å². The minimum absolute atomic E-state index is 0.184. The average Bonchev–Trinajstić information content (AvgIpc) is 3.66. The second-order valence-electron chi connectivity index (χ2n) is 18.5. The number of nitrogens with zero attached hydrogens (tertiary/aromatic N) is 2. The third kappa shape index (κ3) is 7.67. The van der Waals surface area contributed by atoms with Gasteiger partial charge in [0.05, 0.1) is 11.4 Å². The molecule has 328 valence electrons. The van der Waals surface area contributed by atoms with Crippen LogP contribution >= 0.6 is 0 Å². The Balaban J connectivity index is 0.950. The highest BCUT2D eigenvalue weighted by atomic mass is 15.2. The molecule has 2 nitrogen and oxygen atoms in total. The molecule has 0 unspecified atom stereocenters. The second kappa shape index (κ2) is 17.5. The summed E-state index contributed by atoms with van der Waals surface area (Å²) in [6, 6.07) is 97.2. The molecule has 0 aromatic heterocycles. The van der Waals surface area contributed by atoms with Crippen LogP contribution in [0.3, 0.4) is 0 Å². The quantitative estimate of drug-likeness (QED) is 0.135. The summed E-state index contributed by atoms with van der Waals surface area (Å²) in [4.78, 5) is 4.87.